The zero-order valence-corrected chi connectivity index (χ0v) is 10.8. The number of nitrogens with one attached hydrogen (secondary N) is 1. The Morgan fingerprint density at radius 3 is 2.40 bits per heavy atom. The lowest BCUT2D eigenvalue weighted by atomic mass is 9.93. The maximum Gasteiger partial charge on any atom is 0.0642 e. The van der Waals surface area contributed by atoms with Crippen molar-refractivity contribution in [2.45, 2.75) is 52.1 Å². The first-order valence-electron chi connectivity index (χ1n) is 5.86. The van der Waals surface area contributed by atoms with Gasteiger partial charge in [-0.05, 0) is 26.2 Å². The summed E-state index contributed by atoms with van der Waals surface area (Å²) in [5.74, 6) is 0.639. The van der Waals surface area contributed by atoms with E-state index < -0.39 is 0 Å². The van der Waals surface area contributed by atoms with E-state index in [1.54, 1.807) is 7.11 Å². The molecule has 0 fully saturated rings. The van der Waals surface area contributed by atoms with Gasteiger partial charge in [0.15, 0.2) is 0 Å². The van der Waals surface area contributed by atoms with Crippen molar-refractivity contribution in [3.63, 3.8) is 0 Å². The van der Waals surface area contributed by atoms with Crippen molar-refractivity contribution in [2.75, 3.05) is 20.3 Å². The predicted octanol–water partition coefficient (Wildman–Crippen LogP) is 1.80. The Morgan fingerprint density at radius 1 is 1.40 bits per heavy atom. The molecule has 0 aliphatic heterocycles. The Morgan fingerprint density at radius 2 is 2.00 bits per heavy atom. The molecule has 0 amide bonds. The summed E-state index contributed by atoms with van der Waals surface area (Å²) in [6, 6.07) is 0.446. The molecule has 0 rings (SSSR count). The minimum Gasteiger partial charge on any atom is -0.396 e. The van der Waals surface area contributed by atoms with Gasteiger partial charge in [0.05, 0.1) is 6.61 Å². The molecular formula is C12H27NO2. The highest BCUT2D eigenvalue weighted by Crippen LogP contribution is 2.15. The van der Waals surface area contributed by atoms with Crippen LogP contribution < -0.4 is 5.32 Å². The Hall–Kier alpha value is -0.120. The third-order valence-corrected chi connectivity index (χ3v) is 3.20. The Labute approximate surface area is 94.2 Å². The van der Waals surface area contributed by atoms with Gasteiger partial charge in [-0.25, -0.2) is 0 Å². The summed E-state index contributed by atoms with van der Waals surface area (Å²) in [6.45, 7) is 9.56. The molecule has 3 atom stereocenters. The van der Waals surface area contributed by atoms with Gasteiger partial charge >= 0.3 is 0 Å². The van der Waals surface area contributed by atoms with Gasteiger partial charge in [0, 0.05) is 25.3 Å². The number of aliphatic hydroxyl groups excluding tert-OH is 1. The largest absolute Gasteiger partial charge is 0.396 e. The van der Waals surface area contributed by atoms with Crippen LogP contribution in [0.15, 0.2) is 0 Å². The lowest BCUT2D eigenvalue weighted by Gasteiger charge is -2.35. The van der Waals surface area contributed by atoms with Crippen LogP contribution in [0, 0.1) is 5.92 Å². The van der Waals surface area contributed by atoms with Crippen LogP contribution in [0.2, 0.25) is 0 Å². The van der Waals surface area contributed by atoms with Gasteiger partial charge in [0.25, 0.3) is 0 Å². The highest BCUT2D eigenvalue weighted by atomic mass is 16.5. The molecule has 0 heterocycles. The van der Waals surface area contributed by atoms with Crippen LogP contribution in [-0.4, -0.2) is 37.0 Å². The van der Waals surface area contributed by atoms with Crippen molar-refractivity contribution >= 4 is 0 Å². The van der Waals surface area contributed by atoms with E-state index in [0.717, 1.165) is 12.8 Å². The third kappa shape index (κ3) is 5.50. The summed E-state index contributed by atoms with van der Waals surface area (Å²) in [4.78, 5) is 0. The van der Waals surface area contributed by atoms with E-state index in [0.29, 0.717) is 18.6 Å². The molecule has 0 spiro atoms. The van der Waals surface area contributed by atoms with Crippen LogP contribution in [-0.2, 0) is 4.74 Å². The second kappa shape index (κ2) is 7.20. The topological polar surface area (TPSA) is 41.5 Å². The zero-order chi connectivity index (χ0) is 11.9. The second-order valence-electron chi connectivity index (χ2n) is 4.79. The zero-order valence-electron chi connectivity index (χ0n) is 10.8. The van der Waals surface area contributed by atoms with E-state index in [-0.39, 0.29) is 12.1 Å². The molecule has 0 aliphatic rings. The van der Waals surface area contributed by atoms with Crippen molar-refractivity contribution in [2.24, 2.45) is 5.92 Å². The van der Waals surface area contributed by atoms with Gasteiger partial charge in [0.1, 0.15) is 0 Å². The van der Waals surface area contributed by atoms with Crippen LogP contribution in [0.1, 0.15) is 40.5 Å². The van der Waals surface area contributed by atoms with E-state index in [9.17, 15) is 0 Å². The van der Waals surface area contributed by atoms with Crippen LogP contribution in [0.4, 0.5) is 0 Å². The van der Waals surface area contributed by atoms with Gasteiger partial charge in [-0.2, -0.15) is 0 Å². The van der Waals surface area contributed by atoms with Crippen molar-refractivity contribution < 1.29 is 9.84 Å². The maximum absolute atomic E-state index is 9.04. The van der Waals surface area contributed by atoms with E-state index in [1.807, 2.05) is 0 Å². The molecule has 0 aromatic heterocycles. The SMILES string of the molecule is CCC(C)C(C)NC(C)(CCO)COC. The Bertz CT molecular complexity index is 156. The highest BCUT2D eigenvalue weighted by molar-refractivity contribution is 4.86. The molecule has 0 aromatic rings. The van der Waals surface area contributed by atoms with Crippen LogP contribution >= 0.6 is 0 Å². The molecule has 2 N–H and O–H groups in total. The number of ether oxygens (including phenoxy) is 1. The normalized spacial score (nSPS) is 19.6. The minimum atomic E-state index is -0.119. The molecule has 0 saturated carbocycles. The van der Waals surface area contributed by atoms with Gasteiger partial charge in [-0.1, -0.05) is 20.3 Å². The standard InChI is InChI=1S/C12H27NO2/c1-6-10(2)11(3)13-12(4,7-8-14)9-15-5/h10-11,13-14H,6-9H2,1-5H3. The second-order valence-corrected chi connectivity index (χ2v) is 4.79. The average Bonchev–Trinajstić information content (AvgIpc) is 2.16. The monoisotopic (exact) mass is 217 g/mol. The van der Waals surface area contributed by atoms with Crippen molar-refractivity contribution in [1.29, 1.82) is 0 Å². The molecule has 0 aliphatic carbocycles. The maximum atomic E-state index is 9.04. The smallest absolute Gasteiger partial charge is 0.0642 e. The van der Waals surface area contributed by atoms with Crippen LogP contribution in [0.25, 0.3) is 0 Å². The minimum absolute atomic E-state index is 0.119. The molecule has 3 unspecified atom stereocenters. The highest BCUT2D eigenvalue weighted by Gasteiger charge is 2.26. The number of rotatable bonds is 8. The van der Waals surface area contributed by atoms with Gasteiger partial charge < -0.3 is 15.2 Å². The van der Waals surface area contributed by atoms with Gasteiger partial charge in [-0.15, -0.1) is 0 Å². The molecule has 0 aromatic carbocycles. The quantitative estimate of drug-likeness (QED) is 0.651. The molecule has 15 heavy (non-hydrogen) atoms. The van der Waals surface area contributed by atoms with E-state index >= 15 is 0 Å². The first-order valence-corrected chi connectivity index (χ1v) is 5.86. The predicted molar refractivity (Wildman–Crippen MR) is 64.0 cm³/mol. The van der Waals surface area contributed by atoms with Gasteiger partial charge in [-0.3, -0.25) is 0 Å². The third-order valence-electron chi connectivity index (χ3n) is 3.20. The van der Waals surface area contributed by atoms with Crippen molar-refractivity contribution in [3.8, 4) is 0 Å². The fraction of sp³-hybridized carbons (Fsp3) is 1.00. The van der Waals surface area contributed by atoms with E-state index in [4.69, 9.17) is 9.84 Å². The van der Waals surface area contributed by atoms with Crippen molar-refractivity contribution in [3.05, 3.63) is 0 Å². The fourth-order valence-corrected chi connectivity index (χ4v) is 1.80. The van der Waals surface area contributed by atoms with Crippen molar-refractivity contribution in [1.82, 2.24) is 5.32 Å². The lowest BCUT2D eigenvalue weighted by Crippen LogP contribution is -2.52. The van der Waals surface area contributed by atoms with E-state index in [1.165, 1.54) is 0 Å². The van der Waals surface area contributed by atoms with E-state index in [2.05, 4.69) is 33.0 Å². The molecule has 0 saturated heterocycles. The molecule has 3 nitrogen and oxygen atoms in total. The summed E-state index contributed by atoms with van der Waals surface area (Å²) < 4.78 is 5.20. The molecule has 0 bridgehead atoms. The lowest BCUT2D eigenvalue weighted by molar-refractivity contribution is 0.0855. The number of hydrogen-bond acceptors (Lipinski definition) is 3. The fourth-order valence-electron chi connectivity index (χ4n) is 1.80. The average molecular weight is 217 g/mol. The summed E-state index contributed by atoms with van der Waals surface area (Å²) >= 11 is 0. The Balaban J connectivity index is 4.26. The summed E-state index contributed by atoms with van der Waals surface area (Å²) in [6.07, 6.45) is 1.89. The van der Waals surface area contributed by atoms with Gasteiger partial charge in [0.2, 0.25) is 0 Å². The molecule has 3 heteroatoms. The molecular weight excluding hydrogens is 190 g/mol. The number of aliphatic hydroxyl groups is 1. The summed E-state index contributed by atoms with van der Waals surface area (Å²) in [5, 5.41) is 12.6. The number of methoxy groups -OCH3 is 1. The van der Waals surface area contributed by atoms with Crippen LogP contribution in [0.3, 0.4) is 0 Å². The molecule has 0 radical (unpaired) electrons. The molecule has 92 valence electrons. The first-order chi connectivity index (χ1) is 6.99. The Kier molecular flexibility index (Phi) is 7.14. The van der Waals surface area contributed by atoms with Crippen LogP contribution in [0.5, 0.6) is 0 Å². The summed E-state index contributed by atoms with van der Waals surface area (Å²) in [7, 11) is 1.70. The summed E-state index contributed by atoms with van der Waals surface area (Å²) in [5.41, 5.74) is -0.119. The first kappa shape index (κ1) is 14.9. The number of hydrogen-bond donors (Lipinski definition) is 2.